The predicted molar refractivity (Wildman–Crippen MR) is 107 cm³/mol. The first-order valence-corrected chi connectivity index (χ1v) is 10.5. The minimum Gasteiger partial charge on any atom is -0.505 e. The van der Waals surface area contributed by atoms with E-state index in [9.17, 15) is 19.1 Å². The van der Waals surface area contributed by atoms with Crippen LogP contribution in [0.5, 0.6) is 5.75 Å². The molecule has 1 aliphatic carbocycles. The van der Waals surface area contributed by atoms with Gasteiger partial charge in [-0.2, -0.15) is 0 Å². The largest absolute Gasteiger partial charge is 0.505 e. The van der Waals surface area contributed by atoms with E-state index in [1.165, 1.54) is 6.07 Å². The van der Waals surface area contributed by atoms with E-state index in [1.54, 1.807) is 17.9 Å². The smallest absolute Gasteiger partial charge is 0.320 e. The zero-order valence-electron chi connectivity index (χ0n) is 17.2. The highest BCUT2D eigenvalue weighted by molar-refractivity contribution is 5.99. The summed E-state index contributed by atoms with van der Waals surface area (Å²) in [5.41, 5.74) is 0.672. The lowest BCUT2D eigenvalue weighted by atomic mass is 9.75. The number of fused-ring (bicyclic) bond motifs is 1. The van der Waals surface area contributed by atoms with Crippen LogP contribution < -0.4 is 5.32 Å². The van der Waals surface area contributed by atoms with E-state index in [1.807, 2.05) is 0 Å². The topological polar surface area (TPSA) is 89.9 Å². The summed E-state index contributed by atoms with van der Waals surface area (Å²) in [5.74, 6) is -0.861. The van der Waals surface area contributed by atoms with Crippen LogP contribution in [0, 0.1) is 23.6 Å². The minimum absolute atomic E-state index is 0.0235. The molecule has 29 heavy (non-hydrogen) atoms. The monoisotopic (exact) mass is 406 g/mol. The standard InChI is InChI=1S/C22H31FN2O4/c1-13(9-10-24-14(2)22(28)29)16-5-3-15(4-6-16)11-25-12-17-7-8-18(26)20(23)19(17)21(25)27/h7-8,13-16,24,26H,3-6,9-12H2,1-2H3,(H,28,29)/t13?,14-,15?,16?/m1/s1. The fourth-order valence-corrected chi connectivity index (χ4v) is 4.65. The zero-order chi connectivity index (χ0) is 21.1. The molecule has 1 aromatic carbocycles. The van der Waals surface area contributed by atoms with Gasteiger partial charge in [0.1, 0.15) is 6.04 Å². The van der Waals surface area contributed by atoms with Gasteiger partial charge in [0.25, 0.3) is 5.91 Å². The highest BCUT2D eigenvalue weighted by Gasteiger charge is 2.34. The van der Waals surface area contributed by atoms with Crippen molar-refractivity contribution >= 4 is 11.9 Å². The van der Waals surface area contributed by atoms with Gasteiger partial charge in [-0.05, 0) is 75.0 Å². The number of halogens is 1. The number of carboxylic acids is 1. The van der Waals surface area contributed by atoms with Crippen LogP contribution in [0.2, 0.25) is 0 Å². The van der Waals surface area contributed by atoms with Crippen molar-refractivity contribution in [2.45, 2.75) is 58.5 Å². The number of carboxylic acid groups (broad SMARTS) is 1. The van der Waals surface area contributed by atoms with Crippen LogP contribution in [0.15, 0.2) is 12.1 Å². The van der Waals surface area contributed by atoms with Gasteiger partial charge in [0.05, 0.1) is 5.56 Å². The summed E-state index contributed by atoms with van der Waals surface area (Å²) >= 11 is 0. The third kappa shape index (κ3) is 4.89. The van der Waals surface area contributed by atoms with Gasteiger partial charge >= 0.3 is 5.97 Å². The number of carbonyl (C=O) groups is 2. The van der Waals surface area contributed by atoms with E-state index in [-0.39, 0.29) is 11.5 Å². The van der Waals surface area contributed by atoms with Gasteiger partial charge in [-0.25, -0.2) is 4.39 Å². The second-order valence-electron chi connectivity index (χ2n) is 8.68. The first-order valence-electron chi connectivity index (χ1n) is 10.5. The van der Waals surface area contributed by atoms with E-state index in [4.69, 9.17) is 5.11 Å². The van der Waals surface area contributed by atoms with E-state index >= 15 is 0 Å². The molecule has 0 spiro atoms. The van der Waals surface area contributed by atoms with E-state index in [2.05, 4.69) is 12.2 Å². The third-order valence-electron chi connectivity index (χ3n) is 6.67. The summed E-state index contributed by atoms with van der Waals surface area (Å²) in [4.78, 5) is 25.1. The maximum Gasteiger partial charge on any atom is 0.320 e. The number of hydrogen-bond acceptors (Lipinski definition) is 4. The van der Waals surface area contributed by atoms with E-state index in [0.717, 1.165) is 32.1 Å². The number of phenols is 1. The summed E-state index contributed by atoms with van der Waals surface area (Å²) in [6.45, 7) is 5.63. The molecular formula is C22H31FN2O4. The fourth-order valence-electron chi connectivity index (χ4n) is 4.65. The van der Waals surface area contributed by atoms with Crippen molar-refractivity contribution in [3.63, 3.8) is 0 Å². The molecule has 0 saturated heterocycles. The number of hydrogen-bond donors (Lipinski definition) is 3. The van der Waals surface area contributed by atoms with Crippen molar-refractivity contribution in [3.05, 3.63) is 29.1 Å². The molecule has 0 bridgehead atoms. The zero-order valence-corrected chi connectivity index (χ0v) is 17.2. The highest BCUT2D eigenvalue weighted by Crippen LogP contribution is 2.37. The van der Waals surface area contributed by atoms with E-state index in [0.29, 0.717) is 43.0 Å². The van der Waals surface area contributed by atoms with Crippen LogP contribution in [0.4, 0.5) is 4.39 Å². The Labute approximate surface area is 171 Å². The quantitative estimate of drug-likeness (QED) is 0.616. The molecule has 160 valence electrons. The number of phenolic OH excluding ortho intramolecular Hbond substituents is 1. The third-order valence-corrected chi connectivity index (χ3v) is 6.67. The second-order valence-corrected chi connectivity index (χ2v) is 8.68. The Morgan fingerprint density at radius 2 is 1.97 bits per heavy atom. The Bertz CT molecular complexity index is 761. The van der Waals surface area contributed by atoms with Crippen LogP contribution in [0.1, 0.15) is 61.9 Å². The van der Waals surface area contributed by atoms with E-state index < -0.39 is 23.6 Å². The van der Waals surface area contributed by atoms with Crippen LogP contribution in [-0.4, -0.2) is 46.1 Å². The number of amides is 1. The molecule has 3 rings (SSSR count). The fraction of sp³-hybridized carbons (Fsp3) is 0.636. The molecule has 3 N–H and O–H groups in total. The highest BCUT2D eigenvalue weighted by atomic mass is 19.1. The Hall–Kier alpha value is -2.15. The van der Waals surface area contributed by atoms with Crippen LogP contribution in [0.25, 0.3) is 0 Å². The normalized spacial score (nSPS) is 23.7. The second kappa shape index (κ2) is 9.11. The van der Waals surface area contributed by atoms with Crippen LogP contribution in [0.3, 0.4) is 0 Å². The van der Waals surface area contributed by atoms with Crippen LogP contribution in [-0.2, 0) is 11.3 Å². The number of nitrogens with one attached hydrogen (secondary N) is 1. The molecule has 0 aromatic heterocycles. The molecular weight excluding hydrogens is 375 g/mol. The average molecular weight is 406 g/mol. The number of nitrogens with zero attached hydrogens (tertiary/aromatic N) is 1. The summed E-state index contributed by atoms with van der Waals surface area (Å²) in [6, 6.07) is 2.42. The van der Waals surface area contributed by atoms with Crippen molar-refractivity contribution in [2.75, 3.05) is 13.1 Å². The minimum atomic E-state index is -0.827. The van der Waals surface area contributed by atoms with Crippen molar-refractivity contribution in [1.82, 2.24) is 10.2 Å². The maximum absolute atomic E-state index is 14.1. The van der Waals surface area contributed by atoms with Gasteiger partial charge in [-0.15, -0.1) is 0 Å². The van der Waals surface area contributed by atoms with Crippen LogP contribution >= 0.6 is 0 Å². The van der Waals surface area contributed by atoms with Gasteiger partial charge in [0.2, 0.25) is 0 Å². The molecule has 2 aliphatic rings. The molecule has 1 heterocycles. The summed E-state index contributed by atoms with van der Waals surface area (Å²) in [6.07, 6.45) is 5.24. The van der Waals surface area contributed by atoms with Crippen molar-refractivity contribution in [1.29, 1.82) is 0 Å². The Kier molecular flexibility index (Phi) is 6.77. The predicted octanol–water partition coefficient (Wildman–Crippen LogP) is 3.38. The molecule has 1 amide bonds. The number of carbonyl (C=O) groups excluding carboxylic acids is 1. The van der Waals surface area contributed by atoms with Crippen molar-refractivity contribution in [3.8, 4) is 5.75 Å². The van der Waals surface area contributed by atoms with Gasteiger partial charge in [0.15, 0.2) is 11.6 Å². The van der Waals surface area contributed by atoms with Gasteiger partial charge in [0, 0.05) is 13.1 Å². The average Bonchev–Trinajstić information content (AvgIpc) is 3.01. The summed E-state index contributed by atoms with van der Waals surface area (Å²) in [5, 5.41) is 21.5. The first-order chi connectivity index (χ1) is 13.8. The molecule has 1 aromatic rings. The maximum atomic E-state index is 14.1. The number of aliphatic carboxylic acids is 1. The molecule has 2 atom stereocenters. The molecule has 7 heteroatoms. The number of rotatable bonds is 8. The first kappa shape index (κ1) is 21.6. The lowest BCUT2D eigenvalue weighted by Gasteiger charge is -2.34. The molecule has 0 radical (unpaired) electrons. The SMILES string of the molecule is CC(CCN[C@H](C)C(=O)O)C1CCC(CN2Cc3ccc(O)c(F)c3C2=O)CC1. The summed E-state index contributed by atoms with van der Waals surface area (Å²) in [7, 11) is 0. The Morgan fingerprint density at radius 1 is 1.28 bits per heavy atom. The molecule has 1 unspecified atom stereocenters. The number of aromatic hydroxyl groups is 1. The molecule has 1 aliphatic heterocycles. The lowest BCUT2D eigenvalue weighted by Crippen LogP contribution is -2.36. The van der Waals surface area contributed by atoms with Gasteiger partial charge in [-0.1, -0.05) is 13.0 Å². The molecule has 1 fully saturated rings. The Balaban J connectivity index is 1.44. The Morgan fingerprint density at radius 3 is 2.62 bits per heavy atom. The summed E-state index contributed by atoms with van der Waals surface area (Å²) < 4.78 is 14.1. The van der Waals surface area contributed by atoms with Gasteiger partial charge in [-0.3, -0.25) is 9.59 Å². The lowest BCUT2D eigenvalue weighted by molar-refractivity contribution is -0.139. The molecule has 6 nitrogen and oxygen atoms in total. The van der Waals surface area contributed by atoms with Crippen molar-refractivity contribution in [2.24, 2.45) is 17.8 Å². The van der Waals surface area contributed by atoms with Gasteiger partial charge < -0.3 is 20.4 Å². The number of benzene rings is 1. The van der Waals surface area contributed by atoms with Crippen molar-refractivity contribution < 1.29 is 24.2 Å². The molecule has 1 saturated carbocycles.